The quantitative estimate of drug-likeness (QED) is 0.880. The first-order valence-corrected chi connectivity index (χ1v) is 7.30. The van der Waals surface area contributed by atoms with Crippen LogP contribution in [0.5, 0.6) is 0 Å². The zero-order chi connectivity index (χ0) is 14.6. The minimum absolute atomic E-state index is 0.00768. The second-order valence-electron chi connectivity index (χ2n) is 5.29. The van der Waals surface area contributed by atoms with Gasteiger partial charge in [-0.2, -0.15) is 0 Å². The van der Waals surface area contributed by atoms with Crippen LogP contribution in [0.4, 0.5) is 5.95 Å². The molecule has 106 valence electrons. The van der Waals surface area contributed by atoms with Gasteiger partial charge >= 0.3 is 0 Å². The predicted octanol–water partition coefficient (Wildman–Crippen LogP) is 3.32. The van der Waals surface area contributed by atoms with Crippen LogP contribution in [0.15, 0.2) is 41.1 Å². The maximum atomic E-state index is 4.35. The standard InChI is InChI=1S/C15H19BrN4/c1-15(2,17-3)10-20-14-18-8-12(9-19-14)11-4-6-13(16)7-5-11/h4-9,17H,10H2,1-3H3,(H,18,19,20). The molecule has 0 aliphatic rings. The van der Waals surface area contributed by atoms with E-state index in [0.29, 0.717) is 5.95 Å². The van der Waals surface area contributed by atoms with Crippen molar-refractivity contribution in [1.82, 2.24) is 15.3 Å². The Kier molecular flexibility index (Phi) is 4.73. The first-order valence-electron chi connectivity index (χ1n) is 6.51. The van der Waals surface area contributed by atoms with Gasteiger partial charge in [-0.3, -0.25) is 0 Å². The number of likely N-dealkylation sites (N-methyl/N-ethyl adjacent to an activating group) is 1. The summed E-state index contributed by atoms with van der Waals surface area (Å²) in [6.45, 7) is 5.01. The normalized spacial score (nSPS) is 11.4. The van der Waals surface area contributed by atoms with Crippen molar-refractivity contribution in [2.75, 3.05) is 18.9 Å². The van der Waals surface area contributed by atoms with Gasteiger partial charge in [-0.1, -0.05) is 28.1 Å². The van der Waals surface area contributed by atoms with Crippen LogP contribution in [-0.2, 0) is 0 Å². The molecule has 1 heterocycles. The zero-order valence-corrected chi connectivity index (χ0v) is 13.5. The van der Waals surface area contributed by atoms with E-state index in [1.165, 1.54) is 0 Å². The molecule has 2 rings (SSSR count). The molecule has 0 amide bonds. The van der Waals surface area contributed by atoms with Crippen molar-refractivity contribution in [2.45, 2.75) is 19.4 Å². The Morgan fingerprint density at radius 2 is 1.65 bits per heavy atom. The summed E-state index contributed by atoms with van der Waals surface area (Å²) in [4.78, 5) is 8.71. The number of hydrogen-bond acceptors (Lipinski definition) is 4. The van der Waals surface area contributed by atoms with Crippen LogP contribution in [0, 0.1) is 0 Å². The fourth-order valence-electron chi connectivity index (χ4n) is 1.60. The average Bonchev–Trinajstić information content (AvgIpc) is 2.47. The van der Waals surface area contributed by atoms with Gasteiger partial charge in [0, 0.05) is 34.5 Å². The number of benzene rings is 1. The number of aromatic nitrogens is 2. The lowest BCUT2D eigenvalue weighted by atomic mass is 10.1. The lowest BCUT2D eigenvalue weighted by Crippen LogP contribution is -2.43. The molecular weight excluding hydrogens is 316 g/mol. The summed E-state index contributed by atoms with van der Waals surface area (Å²) in [5.74, 6) is 0.647. The molecule has 5 heteroatoms. The van der Waals surface area contributed by atoms with Gasteiger partial charge in [0.2, 0.25) is 5.95 Å². The van der Waals surface area contributed by atoms with E-state index in [0.717, 1.165) is 22.1 Å². The highest BCUT2D eigenvalue weighted by Gasteiger charge is 2.14. The first-order chi connectivity index (χ1) is 9.50. The third-order valence-electron chi connectivity index (χ3n) is 3.19. The van der Waals surface area contributed by atoms with Crippen LogP contribution < -0.4 is 10.6 Å². The number of halogens is 1. The number of hydrogen-bond donors (Lipinski definition) is 2. The molecule has 2 N–H and O–H groups in total. The summed E-state index contributed by atoms with van der Waals surface area (Å²) < 4.78 is 1.06. The van der Waals surface area contributed by atoms with Gasteiger partial charge in [-0.05, 0) is 38.6 Å². The first kappa shape index (κ1) is 14.9. The van der Waals surface area contributed by atoms with E-state index >= 15 is 0 Å². The van der Waals surface area contributed by atoms with Crippen LogP contribution in [-0.4, -0.2) is 29.1 Å². The second kappa shape index (κ2) is 6.33. The minimum atomic E-state index is 0.00768. The van der Waals surface area contributed by atoms with E-state index in [1.54, 1.807) is 0 Å². The van der Waals surface area contributed by atoms with Gasteiger partial charge in [0.05, 0.1) is 0 Å². The van der Waals surface area contributed by atoms with E-state index in [4.69, 9.17) is 0 Å². The van der Waals surface area contributed by atoms with Crippen molar-refractivity contribution >= 4 is 21.9 Å². The van der Waals surface area contributed by atoms with Gasteiger partial charge in [0.25, 0.3) is 0 Å². The van der Waals surface area contributed by atoms with Crippen LogP contribution in [0.1, 0.15) is 13.8 Å². The van der Waals surface area contributed by atoms with Gasteiger partial charge in [0.1, 0.15) is 0 Å². The van der Waals surface area contributed by atoms with Gasteiger partial charge in [-0.15, -0.1) is 0 Å². The Morgan fingerprint density at radius 1 is 1.05 bits per heavy atom. The van der Waals surface area contributed by atoms with Crippen LogP contribution in [0.25, 0.3) is 11.1 Å². The predicted molar refractivity (Wildman–Crippen MR) is 86.8 cm³/mol. The SMILES string of the molecule is CNC(C)(C)CNc1ncc(-c2ccc(Br)cc2)cn1. The van der Waals surface area contributed by atoms with Crippen LogP contribution >= 0.6 is 15.9 Å². The fourth-order valence-corrected chi connectivity index (χ4v) is 1.86. The highest BCUT2D eigenvalue weighted by atomic mass is 79.9. The van der Waals surface area contributed by atoms with Gasteiger partial charge in [-0.25, -0.2) is 9.97 Å². The monoisotopic (exact) mass is 334 g/mol. The van der Waals surface area contributed by atoms with Crippen LogP contribution in [0.2, 0.25) is 0 Å². The topological polar surface area (TPSA) is 49.8 Å². The maximum absolute atomic E-state index is 4.35. The Hall–Kier alpha value is -1.46. The molecular formula is C15H19BrN4. The molecule has 4 nitrogen and oxygen atoms in total. The summed E-state index contributed by atoms with van der Waals surface area (Å²) in [6.07, 6.45) is 3.68. The van der Waals surface area contributed by atoms with Crippen molar-refractivity contribution in [3.63, 3.8) is 0 Å². The molecule has 0 aliphatic heterocycles. The van der Waals surface area contributed by atoms with Gasteiger partial charge < -0.3 is 10.6 Å². The van der Waals surface area contributed by atoms with Crippen LogP contribution in [0.3, 0.4) is 0 Å². The summed E-state index contributed by atoms with van der Waals surface area (Å²) in [5.41, 5.74) is 2.12. The number of anilines is 1. The Balaban J connectivity index is 2.05. The van der Waals surface area contributed by atoms with Crippen molar-refractivity contribution in [2.24, 2.45) is 0 Å². The van der Waals surface area contributed by atoms with E-state index in [2.05, 4.69) is 50.4 Å². The summed E-state index contributed by atoms with van der Waals surface area (Å²) in [7, 11) is 1.94. The maximum Gasteiger partial charge on any atom is 0.222 e. The second-order valence-corrected chi connectivity index (χ2v) is 6.21. The minimum Gasteiger partial charge on any atom is -0.352 e. The average molecular weight is 335 g/mol. The molecule has 0 spiro atoms. The molecule has 0 aliphatic carbocycles. The molecule has 0 saturated heterocycles. The van der Waals surface area contributed by atoms with E-state index in [9.17, 15) is 0 Å². The molecule has 0 atom stereocenters. The third kappa shape index (κ3) is 4.02. The third-order valence-corrected chi connectivity index (χ3v) is 3.72. The summed E-state index contributed by atoms with van der Waals surface area (Å²) >= 11 is 3.43. The molecule has 0 saturated carbocycles. The lowest BCUT2D eigenvalue weighted by molar-refractivity contribution is 0.447. The number of nitrogens with one attached hydrogen (secondary N) is 2. The molecule has 0 radical (unpaired) electrons. The smallest absolute Gasteiger partial charge is 0.222 e. The Labute approximate surface area is 128 Å². The molecule has 20 heavy (non-hydrogen) atoms. The van der Waals surface area contributed by atoms with Crippen molar-refractivity contribution in [3.8, 4) is 11.1 Å². The van der Waals surface area contributed by atoms with E-state index in [1.807, 2.05) is 43.7 Å². The van der Waals surface area contributed by atoms with E-state index in [-0.39, 0.29) is 5.54 Å². The molecule has 0 bridgehead atoms. The summed E-state index contributed by atoms with van der Waals surface area (Å²) in [5, 5.41) is 6.46. The fraction of sp³-hybridized carbons (Fsp3) is 0.333. The highest BCUT2D eigenvalue weighted by molar-refractivity contribution is 9.10. The lowest BCUT2D eigenvalue weighted by Gasteiger charge is -2.24. The molecule has 1 aromatic carbocycles. The highest BCUT2D eigenvalue weighted by Crippen LogP contribution is 2.20. The van der Waals surface area contributed by atoms with Crippen molar-refractivity contribution in [1.29, 1.82) is 0 Å². The Morgan fingerprint density at radius 3 is 2.20 bits per heavy atom. The zero-order valence-electron chi connectivity index (χ0n) is 11.9. The molecule has 1 aromatic heterocycles. The van der Waals surface area contributed by atoms with E-state index < -0.39 is 0 Å². The Bertz CT molecular complexity index is 549. The molecule has 2 aromatic rings. The molecule has 0 unspecified atom stereocenters. The molecule has 0 fully saturated rings. The van der Waals surface area contributed by atoms with Gasteiger partial charge in [0.15, 0.2) is 0 Å². The van der Waals surface area contributed by atoms with Crippen molar-refractivity contribution in [3.05, 3.63) is 41.1 Å². The van der Waals surface area contributed by atoms with Crippen molar-refractivity contribution < 1.29 is 0 Å². The number of nitrogens with zero attached hydrogens (tertiary/aromatic N) is 2. The number of rotatable bonds is 5. The largest absolute Gasteiger partial charge is 0.352 e. The summed E-state index contributed by atoms with van der Waals surface area (Å²) in [6, 6.07) is 8.11.